The summed E-state index contributed by atoms with van der Waals surface area (Å²) in [7, 11) is 0. The Balaban J connectivity index is -0.0000000618. The van der Waals surface area contributed by atoms with Crippen molar-refractivity contribution in [2.24, 2.45) is 0 Å². The standard InChI is InChI=1S/C10H16N2O8.C6H8O7.7Na/c13-7(14)3-11(4-8(15)16)1-2-12(5-9(17)18)6-10(19)20;7-3(8)1-6(13,5(11)12)2-4(9)10;;;;;;;/h1-6H2,(H,13,14)(H,15,16)(H,17,18)(H,19,20);13H,1-2H2,(H,7,8)(H,9,10)(H,11,12);;;;;;;/q;;7*+1/p-7. The summed E-state index contributed by atoms with van der Waals surface area (Å²) in [5, 5.41) is 80.5. The van der Waals surface area contributed by atoms with Crippen LogP contribution in [0.5, 0.6) is 0 Å². The Kier molecular flexibility index (Phi) is 60.2. The quantitative estimate of drug-likeness (QED) is 0.153. The summed E-state index contributed by atoms with van der Waals surface area (Å²) < 4.78 is 0. The van der Waals surface area contributed by atoms with Crippen LogP contribution in [0.1, 0.15) is 12.8 Å². The summed E-state index contributed by atoms with van der Waals surface area (Å²) in [4.78, 5) is 73.4. The van der Waals surface area contributed by atoms with Crippen LogP contribution in [0.4, 0.5) is 0 Å². The Labute approximate surface area is 383 Å². The molecule has 0 aromatic heterocycles. The zero-order chi connectivity index (χ0) is 26.4. The number of aliphatic hydroxyl groups is 1. The summed E-state index contributed by atoms with van der Waals surface area (Å²) in [6.45, 7) is -3.25. The van der Waals surface area contributed by atoms with Gasteiger partial charge in [0, 0.05) is 64.0 Å². The fourth-order valence-corrected chi connectivity index (χ4v) is 2.13. The van der Waals surface area contributed by atoms with Crippen molar-refractivity contribution in [3.8, 4) is 0 Å². The second kappa shape index (κ2) is 36.6. The van der Waals surface area contributed by atoms with E-state index in [1.165, 1.54) is 0 Å². The maximum atomic E-state index is 10.4. The Bertz CT molecular complexity index is 693. The topological polar surface area (TPSA) is 308 Å². The number of nitrogens with zero attached hydrogens (tertiary/aromatic N) is 2. The van der Waals surface area contributed by atoms with Crippen LogP contribution in [0, 0.1) is 0 Å². The molecule has 0 aromatic carbocycles. The van der Waals surface area contributed by atoms with E-state index < -0.39 is 86.4 Å². The van der Waals surface area contributed by atoms with Crippen molar-refractivity contribution in [1.82, 2.24) is 9.80 Å². The molecule has 0 saturated heterocycles. The van der Waals surface area contributed by atoms with Crippen molar-refractivity contribution in [3.63, 3.8) is 0 Å². The van der Waals surface area contributed by atoms with Crippen molar-refractivity contribution >= 4 is 41.8 Å². The second-order valence-corrected chi connectivity index (χ2v) is 6.33. The average Bonchev–Trinajstić information content (AvgIpc) is 2.56. The molecule has 0 bridgehead atoms. The molecule has 0 atom stereocenters. The van der Waals surface area contributed by atoms with Gasteiger partial charge >= 0.3 is 207 Å². The van der Waals surface area contributed by atoms with Crippen molar-refractivity contribution in [2.45, 2.75) is 18.4 Å². The molecule has 0 spiro atoms. The van der Waals surface area contributed by atoms with Crippen LogP contribution >= 0.6 is 0 Å². The van der Waals surface area contributed by atoms with E-state index >= 15 is 0 Å². The monoisotopic (exact) mass is 638 g/mol. The molecule has 40 heavy (non-hydrogen) atoms. The van der Waals surface area contributed by atoms with Crippen molar-refractivity contribution in [3.05, 3.63) is 0 Å². The van der Waals surface area contributed by atoms with Crippen LogP contribution in [0.3, 0.4) is 0 Å². The van der Waals surface area contributed by atoms with Gasteiger partial charge in [-0.05, 0) is 0 Å². The molecule has 0 saturated carbocycles. The number of carboxylic acid groups (broad SMARTS) is 7. The first-order valence-electron chi connectivity index (χ1n) is 8.56. The molecule has 0 heterocycles. The minimum Gasteiger partial charge on any atom is -0.550 e. The molecular formula is C16H17N2Na7O15. The average molecular weight is 638 g/mol. The zero-order valence-electron chi connectivity index (χ0n) is 23.7. The molecule has 17 nitrogen and oxygen atoms in total. The zero-order valence-corrected chi connectivity index (χ0v) is 37.7. The van der Waals surface area contributed by atoms with Gasteiger partial charge in [0.05, 0.1) is 29.8 Å². The van der Waals surface area contributed by atoms with Gasteiger partial charge in [0.25, 0.3) is 0 Å². The Morgan fingerprint density at radius 1 is 0.450 bits per heavy atom. The number of carbonyl (C=O) groups excluding carboxylic acids is 7. The molecule has 24 heteroatoms. The third-order valence-corrected chi connectivity index (χ3v) is 3.40. The van der Waals surface area contributed by atoms with Crippen molar-refractivity contribution in [2.75, 3.05) is 39.3 Å². The molecule has 0 aromatic rings. The summed E-state index contributed by atoms with van der Waals surface area (Å²) in [6.07, 6.45) is -2.72. The van der Waals surface area contributed by atoms with Crippen LogP contribution in [0.25, 0.3) is 0 Å². The van der Waals surface area contributed by atoms with Gasteiger partial charge in [-0.25, -0.2) is 0 Å². The van der Waals surface area contributed by atoms with Gasteiger partial charge in [-0.15, -0.1) is 0 Å². The fraction of sp³-hybridized carbons (Fsp3) is 0.562. The van der Waals surface area contributed by atoms with E-state index in [-0.39, 0.29) is 220 Å². The van der Waals surface area contributed by atoms with E-state index in [2.05, 4.69) is 0 Å². The van der Waals surface area contributed by atoms with Gasteiger partial charge < -0.3 is 74.4 Å². The van der Waals surface area contributed by atoms with E-state index in [1.807, 2.05) is 0 Å². The minimum absolute atomic E-state index is 0. The van der Waals surface area contributed by atoms with Crippen LogP contribution in [0.2, 0.25) is 0 Å². The minimum atomic E-state index is -2.97. The van der Waals surface area contributed by atoms with E-state index in [0.29, 0.717) is 0 Å². The van der Waals surface area contributed by atoms with Crippen LogP contribution in [-0.4, -0.2) is 102 Å². The summed E-state index contributed by atoms with van der Waals surface area (Å²) in [6, 6.07) is 0. The predicted octanol–water partition coefficient (Wildman–Crippen LogP) is -33.6. The molecular weight excluding hydrogens is 621 g/mol. The summed E-state index contributed by atoms with van der Waals surface area (Å²) >= 11 is 0. The van der Waals surface area contributed by atoms with Gasteiger partial charge in [-0.2, -0.15) is 0 Å². The van der Waals surface area contributed by atoms with Crippen LogP contribution < -0.4 is 243 Å². The fourth-order valence-electron chi connectivity index (χ4n) is 2.13. The molecule has 188 valence electrons. The number of hydrogen-bond acceptors (Lipinski definition) is 17. The number of carbonyl (C=O) groups is 7. The normalized spacial score (nSPS) is 8.88. The molecule has 0 radical (unpaired) electrons. The predicted molar refractivity (Wildman–Crippen MR) is 82.1 cm³/mol. The smallest absolute Gasteiger partial charge is 0.550 e. The molecule has 0 fully saturated rings. The SMILES string of the molecule is O=C([O-])CC(O)(CC(=O)[O-])C(=O)[O-].O=C([O-])CN(CCN(CC(=O)[O-])CC(=O)[O-])CC(=O)[O-].[Na+].[Na+].[Na+].[Na+].[Na+].[Na+].[Na+]. The van der Waals surface area contributed by atoms with Crippen molar-refractivity contribution < 1.29 is 281 Å². The van der Waals surface area contributed by atoms with Crippen LogP contribution in [-0.2, 0) is 33.6 Å². The molecule has 1 N–H and O–H groups in total. The Morgan fingerprint density at radius 3 is 0.775 bits per heavy atom. The molecule has 0 amide bonds. The first kappa shape index (κ1) is 65.8. The van der Waals surface area contributed by atoms with E-state index in [0.717, 1.165) is 9.80 Å². The number of aliphatic carboxylic acids is 7. The van der Waals surface area contributed by atoms with Gasteiger partial charge in [-0.1, -0.05) is 0 Å². The van der Waals surface area contributed by atoms with Crippen molar-refractivity contribution in [1.29, 1.82) is 0 Å². The Morgan fingerprint density at radius 2 is 0.650 bits per heavy atom. The molecule has 0 unspecified atom stereocenters. The molecule has 0 aliphatic rings. The second-order valence-electron chi connectivity index (χ2n) is 6.33. The summed E-state index contributed by atoms with van der Waals surface area (Å²) in [5.74, 6) is -12.1. The van der Waals surface area contributed by atoms with E-state index in [4.69, 9.17) is 5.11 Å². The third-order valence-electron chi connectivity index (χ3n) is 3.40. The summed E-state index contributed by atoms with van der Waals surface area (Å²) in [5.41, 5.74) is -2.97. The molecule has 0 aliphatic carbocycles. The number of carboxylic acids is 7. The Hall–Kier alpha value is 3.17. The number of rotatable bonds is 16. The first-order chi connectivity index (χ1) is 15.0. The number of hydrogen-bond donors (Lipinski definition) is 1. The van der Waals surface area contributed by atoms with E-state index in [1.54, 1.807) is 0 Å². The van der Waals surface area contributed by atoms with Gasteiger partial charge in [-0.3, -0.25) is 9.80 Å². The maximum Gasteiger partial charge on any atom is 1.00 e. The van der Waals surface area contributed by atoms with Gasteiger partial charge in [0.2, 0.25) is 0 Å². The van der Waals surface area contributed by atoms with Crippen LogP contribution in [0.15, 0.2) is 0 Å². The van der Waals surface area contributed by atoms with E-state index in [9.17, 15) is 69.3 Å². The molecule has 0 aliphatic heterocycles. The van der Waals surface area contributed by atoms with Gasteiger partial charge in [0.1, 0.15) is 5.60 Å². The third kappa shape index (κ3) is 41.2. The largest absolute Gasteiger partial charge is 1.00 e. The molecule has 0 rings (SSSR count). The van der Waals surface area contributed by atoms with Gasteiger partial charge in [0.15, 0.2) is 0 Å². The maximum absolute atomic E-state index is 10.4. The first-order valence-corrected chi connectivity index (χ1v) is 8.56.